The van der Waals surface area contributed by atoms with Crippen molar-refractivity contribution in [1.29, 1.82) is 0 Å². The predicted octanol–water partition coefficient (Wildman–Crippen LogP) is 4.84. The van der Waals surface area contributed by atoms with Crippen LogP contribution in [0.1, 0.15) is 60.3 Å². The van der Waals surface area contributed by atoms with E-state index in [0.717, 1.165) is 31.3 Å². The molecule has 3 nitrogen and oxygen atoms in total. The van der Waals surface area contributed by atoms with Gasteiger partial charge in [-0.3, -0.25) is 0 Å². The molecule has 20 heavy (non-hydrogen) atoms. The molecule has 0 aliphatic heterocycles. The van der Waals surface area contributed by atoms with Crippen molar-refractivity contribution in [2.75, 3.05) is 6.54 Å². The van der Waals surface area contributed by atoms with E-state index in [0.29, 0.717) is 6.54 Å². The molecule has 0 aromatic carbocycles. The van der Waals surface area contributed by atoms with E-state index >= 15 is 0 Å². The van der Waals surface area contributed by atoms with Crippen LogP contribution < -0.4 is 5.32 Å². The van der Waals surface area contributed by atoms with Gasteiger partial charge in [-0.15, -0.1) is 0 Å². The van der Waals surface area contributed by atoms with Gasteiger partial charge in [0.15, 0.2) is 0 Å². The Balaban J connectivity index is 3.94. The molecule has 3 heteroatoms. The molecule has 1 atom stereocenters. The summed E-state index contributed by atoms with van der Waals surface area (Å²) in [6.07, 6.45) is 5.61. The summed E-state index contributed by atoms with van der Waals surface area (Å²) >= 11 is 0. The quantitative estimate of drug-likeness (QED) is 0.510. The van der Waals surface area contributed by atoms with E-state index in [1.165, 1.54) is 0 Å². The number of allylic oxidation sites excluding steroid dienone is 2. The third-order valence-electron chi connectivity index (χ3n) is 3.63. The number of alkyl carbamates (subject to hydrolysis) is 1. The highest BCUT2D eigenvalue weighted by Gasteiger charge is 2.23. The lowest BCUT2D eigenvalue weighted by Crippen LogP contribution is -2.33. The molecule has 0 rings (SSSR count). The van der Waals surface area contributed by atoms with Gasteiger partial charge in [0.05, 0.1) is 0 Å². The largest absolute Gasteiger partial charge is 0.444 e. The fourth-order valence-electron chi connectivity index (χ4n) is 1.96. The molecule has 0 aromatic rings. The Hall–Kier alpha value is -1.25. The maximum atomic E-state index is 11.5. The van der Waals surface area contributed by atoms with E-state index in [4.69, 9.17) is 4.74 Å². The molecule has 0 fully saturated rings. The number of nitrogens with one attached hydrogen (secondary N) is 1. The molecule has 0 radical (unpaired) electrons. The van der Waals surface area contributed by atoms with Crippen LogP contribution in [0.2, 0.25) is 0 Å². The van der Waals surface area contributed by atoms with Gasteiger partial charge in [-0.2, -0.15) is 0 Å². The summed E-state index contributed by atoms with van der Waals surface area (Å²) in [6.45, 7) is 18.5. The summed E-state index contributed by atoms with van der Waals surface area (Å²) in [6, 6.07) is 0. The molecule has 0 saturated heterocycles. The average molecular weight is 281 g/mol. The van der Waals surface area contributed by atoms with Crippen molar-refractivity contribution in [3.05, 3.63) is 24.8 Å². The standard InChI is InChI=1S/C17H31NO2/c1-8-14(3)17(7,9-2)12-10-11-13-18-15(19)20-16(4,5)6/h8H,1,3,9-13H2,2,4-7H3,(H,18,19). The molecule has 0 saturated carbocycles. The Kier molecular flexibility index (Phi) is 7.62. The van der Waals surface area contributed by atoms with Gasteiger partial charge in [-0.25, -0.2) is 4.79 Å². The zero-order valence-corrected chi connectivity index (χ0v) is 13.8. The molecule has 0 aliphatic carbocycles. The van der Waals surface area contributed by atoms with Crippen LogP contribution in [0.3, 0.4) is 0 Å². The van der Waals surface area contributed by atoms with Gasteiger partial charge in [-0.1, -0.05) is 39.5 Å². The molecule has 116 valence electrons. The second-order valence-corrected chi connectivity index (χ2v) is 6.53. The Morgan fingerprint density at radius 3 is 2.30 bits per heavy atom. The van der Waals surface area contributed by atoms with E-state index in [1.807, 2.05) is 26.8 Å². The zero-order valence-electron chi connectivity index (χ0n) is 13.8. The van der Waals surface area contributed by atoms with Crippen LogP contribution in [0.4, 0.5) is 4.79 Å². The first-order chi connectivity index (χ1) is 9.14. The highest BCUT2D eigenvalue weighted by Crippen LogP contribution is 2.35. The highest BCUT2D eigenvalue weighted by molar-refractivity contribution is 5.67. The first-order valence-corrected chi connectivity index (χ1v) is 7.43. The first-order valence-electron chi connectivity index (χ1n) is 7.43. The fourth-order valence-corrected chi connectivity index (χ4v) is 1.96. The third kappa shape index (κ3) is 7.37. The lowest BCUT2D eigenvalue weighted by atomic mass is 9.76. The van der Waals surface area contributed by atoms with Crippen LogP contribution in [0.5, 0.6) is 0 Å². The monoisotopic (exact) mass is 281 g/mol. The first kappa shape index (κ1) is 18.8. The summed E-state index contributed by atoms with van der Waals surface area (Å²) < 4.78 is 5.18. The summed E-state index contributed by atoms with van der Waals surface area (Å²) in [5.41, 5.74) is 0.778. The number of ether oxygens (including phenoxy) is 1. The van der Waals surface area contributed by atoms with E-state index in [9.17, 15) is 4.79 Å². The summed E-state index contributed by atoms with van der Waals surface area (Å²) in [5, 5.41) is 2.78. The van der Waals surface area contributed by atoms with Crippen LogP contribution in [-0.4, -0.2) is 18.2 Å². The number of rotatable bonds is 8. The molecular weight excluding hydrogens is 250 g/mol. The maximum Gasteiger partial charge on any atom is 0.407 e. The fraction of sp³-hybridized carbons (Fsp3) is 0.706. The lowest BCUT2D eigenvalue weighted by Gasteiger charge is -2.29. The summed E-state index contributed by atoms with van der Waals surface area (Å²) in [5.74, 6) is 0. The van der Waals surface area contributed by atoms with Crippen LogP contribution in [0.25, 0.3) is 0 Å². The van der Waals surface area contributed by atoms with Gasteiger partial charge in [0.1, 0.15) is 5.60 Å². The van der Waals surface area contributed by atoms with Crippen molar-refractivity contribution in [2.24, 2.45) is 5.41 Å². The van der Waals surface area contributed by atoms with Gasteiger partial charge < -0.3 is 10.1 Å². The summed E-state index contributed by atoms with van der Waals surface area (Å²) in [4.78, 5) is 11.5. The molecule has 0 aliphatic rings. The molecule has 0 aromatic heterocycles. The van der Waals surface area contributed by atoms with Crippen LogP contribution in [0, 0.1) is 5.41 Å². The molecule has 0 heterocycles. The average Bonchev–Trinajstić information content (AvgIpc) is 2.34. The van der Waals surface area contributed by atoms with Crippen molar-refractivity contribution in [2.45, 2.75) is 65.9 Å². The molecule has 0 spiro atoms. The van der Waals surface area contributed by atoms with Gasteiger partial charge in [0.25, 0.3) is 0 Å². The minimum absolute atomic E-state index is 0.119. The van der Waals surface area contributed by atoms with Crippen LogP contribution in [-0.2, 0) is 4.74 Å². The lowest BCUT2D eigenvalue weighted by molar-refractivity contribution is 0.0526. The van der Waals surface area contributed by atoms with E-state index in [2.05, 4.69) is 32.3 Å². The van der Waals surface area contributed by atoms with Gasteiger partial charge in [-0.05, 0) is 51.0 Å². The Labute approximate surface area is 124 Å². The van der Waals surface area contributed by atoms with Crippen LogP contribution in [0.15, 0.2) is 24.8 Å². The Morgan fingerprint density at radius 1 is 1.25 bits per heavy atom. The minimum Gasteiger partial charge on any atom is -0.444 e. The van der Waals surface area contributed by atoms with Crippen molar-refractivity contribution in [1.82, 2.24) is 5.32 Å². The molecular formula is C17H31NO2. The number of carbonyl (C=O) groups excluding carboxylic acids is 1. The number of unbranched alkanes of at least 4 members (excludes halogenated alkanes) is 1. The van der Waals surface area contributed by atoms with E-state index < -0.39 is 5.60 Å². The van der Waals surface area contributed by atoms with Gasteiger partial charge >= 0.3 is 6.09 Å². The maximum absolute atomic E-state index is 11.5. The molecule has 1 amide bonds. The van der Waals surface area contributed by atoms with Gasteiger partial charge in [0, 0.05) is 6.54 Å². The Bertz CT molecular complexity index is 341. The van der Waals surface area contributed by atoms with Crippen molar-refractivity contribution in [3.8, 4) is 0 Å². The smallest absolute Gasteiger partial charge is 0.407 e. The van der Waals surface area contributed by atoms with Gasteiger partial charge in [0.2, 0.25) is 0 Å². The third-order valence-corrected chi connectivity index (χ3v) is 3.63. The second-order valence-electron chi connectivity index (χ2n) is 6.53. The molecule has 1 N–H and O–H groups in total. The molecule has 0 bridgehead atoms. The second kappa shape index (κ2) is 8.13. The number of amides is 1. The normalized spacial score (nSPS) is 14.2. The summed E-state index contributed by atoms with van der Waals surface area (Å²) in [7, 11) is 0. The van der Waals surface area contributed by atoms with E-state index in [-0.39, 0.29) is 11.5 Å². The van der Waals surface area contributed by atoms with Crippen molar-refractivity contribution >= 4 is 6.09 Å². The Morgan fingerprint density at radius 2 is 1.85 bits per heavy atom. The zero-order chi connectivity index (χ0) is 15.8. The number of carbonyl (C=O) groups is 1. The van der Waals surface area contributed by atoms with E-state index in [1.54, 1.807) is 0 Å². The topological polar surface area (TPSA) is 38.3 Å². The van der Waals surface area contributed by atoms with Crippen molar-refractivity contribution in [3.63, 3.8) is 0 Å². The predicted molar refractivity (Wildman–Crippen MR) is 85.8 cm³/mol. The number of hydrogen-bond donors (Lipinski definition) is 1. The molecule has 1 unspecified atom stereocenters. The van der Waals surface area contributed by atoms with Crippen molar-refractivity contribution < 1.29 is 9.53 Å². The minimum atomic E-state index is -0.438. The SMILES string of the molecule is C=CC(=C)C(C)(CC)CCCCNC(=O)OC(C)(C)C. The highest BCUT2D eigenvalue weighted by atomic mass is 16.6. The van der Waals surface area contributed by atoms with Crippen LogP contribution >= 0.6 is 0 Å². The number of hydrogen-bond acceptors (Lipinski definition) is 2.